The van der Waals surface area contributed by atoms with Crippen LogP contribution in [-0.4, -0.2) is 62.0 Å². The summed E-state index contributed by atoms with van der Waals surface area (Å²) in [5.41, 5.74) is 0. The molecule has 0 bridgehead atoms. The van der Waals surface area contributed by atoms with Gasteiger partial charge in [0.2, 0.25) is 0 Å². The molecule has 1 aromatic heterocycles. The van der Waals surface area contributed by atoms with Crippen LogP contribution in [0, 0.1) is 5.92 Å². The van der Waals surface area contributed by atoms with Gasteiger partial charge in [-0.2, -0.15) is 0 Å². The highest BCUT2D eigenvalue weighted by Crippen LogP contribution is 2.09. The zero-order valence-corrected chi connectivity index (χ0v) is 18.3. The van der Waals surface area contributed by atoms with Crippen molar-refractivity contribution in [2.24, 2.45) is 10.9 Å². The second-order valence-electron chi connectivity index (χ2n) is 6.03. The van der Waals surface area contributed by atoms with Gasteiger partial charge in [0.25, 0.3) is 0 Å². The van der Waals surface area contributed by atoms with Crippen LogP contribution in [0.15, 0.2) is 22.5 Å². The third-order valence-corrected chi connectivity index (χ3v) is 4.12. The van der Waals surface area contributed by atoms with Crippen molar-refractivity contribution in [2.75, 3.05) is 39.9 Å². The molecule has 0 amide bonds. The van der Waals surface area contributed by atoms with Gasteiger partial charge in [-0.15, -0.1) is 35.3 Å². The second-order valence-corrected chi connectivity index (χ2v) is 7.06. The minimum atomic E-state index is -0.562. The molecule has 0 aliphatic heterocycles. The van der Waals surface area contributed by atoms with E-state index in [-0.39, 0.29) is 24.0 Å². The normalized spacial score (nSPS) is 12.8. The molecule has 0 aliphatic rings. The van der Waals surface area contributed by atoms with E-state index in [9.17, 15) is 5.11 Å². The summed E-state index contributed by atoms with van der Waals surface area (Å²) < 4.78 is 5.45. The van der Waals surface area contributed by atoms with Crippen LogP contribution in [0.25, 0.3) is 0 Å². The fourth-order valence-electron chi connectivity index (χ4n) is 1.99. The van der Waals surface area contributed by atoms with Gasteiger partial charge in [0.15, 0.2) is 5.96 Å². The first-order valence-corrected chi connectivity index (χ1v) is 9.18. The Morgan fingerprint density at radius 2 is 2.17 bits per heavy atom. The number of likely N-dealkylation sites (N-methyl/N-ethyl adjacent to an activating group) is 1. The number of nitrogens with one attached hydrogen (secondary N) is 1. The van der Waals surface area contributed by atoms with Gasteiger partial charge in [-0.25, -0.2) is 0 Å². The summed E-state index contributed by atoms with van der Waals surface area (Å²) in [5.74, 6) is 1.30. The highest BCUT2D eigenvalue weighted by Gasteiger charge is 2.09. The Morgan fingerprint density at radius 3 is 2.75 bits per heavy atom. The predicted molar refractivity (Wildman–Crippen MR) is 114 cm³/mol. The third kappa shape index (κ3) is 10.5. The van der Waals surface area contributed by atoms with E-state index in [1.54, 1.807) is 11.3 Å². The number of thiophene rings is 1. The summed E-state index contributed by atoms with van der Waals surface area (Å²) in [6, 6.07) is 4.23. The quantitative estimate of drug-likeness (QED) is 0.315. The van der Waals surface area contributed by atoms with Crippen LogP contribution in [-0.2, 0) is 11.2 Å². The minimum Gasteiger partial charge on any atom is -0.389 e. The molecule has 2 N–H and O–H groups in total. The van der Waals surface area contributed by atoms with Crippen molar-refractivity contribution in [3.63, 3.8) is 0 Å². The van der Waals surface area contributed by atoms with E-state index in [1.165, 1.54) is 4.88 Å². The zero-order chi connectivity index (χ0) is 17.1. The van der Waals surface area contributed by atoms with Crippen LogP contribution in [0.3, 0.4) is 0 Å². The molecule has 7 heteroatoms. The number of guanidine groups is 1. The summed E-state index contributed by atoms with van der Waals surface area (Å²) in [6.45, 7) is 9.29. The van der Waals surface area contributed by atoms with Crippen molar-refractivity contribution in [1.82, 2.24) is 10.2 Å². The summed E-state index contributed by atoms with van der Waals surface area (Å²) in [7, 11) is 2.02. The van der Waals surface area contributed by atoms with Crippen LogP contribution in [0.5, 0.6) is 0 Å². The van der Waals surface area contributed by atoms with Crippen molar-refractivity contribution in [3.8, 4) is 0 Å². The minimum absolute atomic E-state index is 0. The number of nitrogens with zero attached hydrogens (tertiary/aromatic N) is 2. The fourth-order valence-corrected chi connectivity index (χ4v) is 2.69. The SMILES string of the molecule is CCNC(=NCC(O)COCC(C)C)N(C)CCc1cccs1.I. The zero-order valence-electron chi connectivity index (χ0n) is 15.2. The van der Waals surface area contributed by atoms with E-state index in [2.05, 4.69) is 46.6 Å². The molecular formula is C17H32IN3O2S. The van der Waals surface area contributed by atoms with Gasteiger partial charge in [0, 0.05) is 31.6 Å². The Morgan fingerprint density at radius 1 is 1.42 bits per heavy atom. The van der Waals surface area contributed by atoms with Gasteiger partial charge in [0.1, 0.15) is 0 Å². The van der Waals surface area contributed by atoms with Crippen molar-refractivity contribution < 1.29 is 9.84 Å². The molecule has 1 heterocycles. The molecule has 1 unspecified atom stereocenters. The lowest BCUT2D eigenvalue weighted by molar-refractivity contribution is 0.0301. The standard InChI is InChI=1S/C17H31N3O2S.HI/c1-5-18-17(19-11-15(21)13-22-12-14(2)3)20(4)9-8-16-7-6-10-23-16;/h6-7,10,14-15,21H,5,8-9,11-13H2,1-4H3,(H,18,19);1H. The number of halogens is 1. The van der Waals surface area contributed by atoms with Crippen molar-refractivity contribution in [3.05, 3.63) is 22.4 Å². The second kappa shape index (κ2) is 13.9. The van der Waals surface area contributed by atoms with E-state index < -0.39 is 6.10 Å². The number of aliphatic imine (C=N–C) groups is 1. The number of aliphatic hydroxyl groups is 1. The van der Waals surface area contributed by atoms with E-state index >= 15 is 0 Å². The van der Waals surface area contributed by atoms with Crippen LogP contribution in [0.1, 0.15) is 25.6 Å². The van der Waals surface area contributed by atoms with E-state index in [4.69, 9.17) is 4.74 Å². The van der Waals surface area contributed by atoms with Gasteiger partial charge in [-0.3, -0.25) is 4.99 Å². The summed E-state index contributed by atoms with van der Waals surface area (Å²) in [4.78, 5) is 7.99. The van der Waals surface area contributed by atoms with E-state index in [0.717, 1.165) is 25.5 Å². The topological polar surface area (TPSA) is 57.1 Å². The molecular weight excluding hydrogens is 437 g/mol. The summed E-state index contributed by atoms with van der Waals surface area (Å²) in [5, 5.41) is 15.3. The Labute approximate surface area is 167 Å². The first kappa shape index (κ1) is 23.6. The molecule has 0 radical (unpaired) electrons. The Bertz CT molecular complexity index is 441. The summed E-state index contributed by atoms with van der Waals surface area (Å²) in [6.07, 6.45) is 0.437. The molecule has 24 heavy (non-hydrogen) atoms. The lowest BCUT2D eigenvalue weighted by atomic mass is 10.2. The average molecular weight is 469 g/mol. The molecule has 5 nitrogen and oxygen atoms in total. The van der Waals surface area contributed by atoms with E-state index in [0.29, 0.717) is 25.7 Å². The van der Waals surface area contributed by atoms with Gasteiger partial charge in [0.05, 0.1) is 19.3 Å². The molecule has 1 rings (SSSR count). The van der Waals surface area contributed by atoms with Gasteiger partial charge < -0.3 is 20.1 Å². The Kier molecular flexibility index (Phi) is 13.6. The molecule has 0 saturated carbocycles. The molecule has 0 spiro atoms. The molecule has 0 aromatic carbocycles. The number of hydrogen-bond donors (Lipinski definition) is 2. The monoisotopic (exact) mass is 469 g/mol. The summed E-state index contributed by atoms with van der Waals surface area (Å²) >= 11 is 1.78. The molecule has 1 atom stereocenters. The third-order valence-electron chi connectivity index (χ3n) is 3.18. The first-order chi connectivity index (χ1) is 11.0. The smallest absolute Gasteiger partial charge is 0.193 e. The van der Waals surface area contributed by atoms with Crippen LogP contribution >= 0.6 is 35.3 Å². The highest BCUT2D eigenvalue weighted by atomic mass is 127. The maximum Gasteiger partial charge on any atom is 0.193 e. The van der Waals surface area contributed by atoms with Gasteiger partial charge in [-0.05, 0) is 30.7 Å². The fraction of sp³-hybridized carbons (Fsp3) is 0.706. The van der Waals surface area contributed by atoms with Crippen LogP contribution in [0.4, 0.5) is 0 Å². The van der Waals surface area contributed by atoms with Gasteiger partial charge >= 0.3 is 0 Å². The molecule has 1 aromatic rings. The van der Waals surface area contributed by atoms with Gasteiger partial charge in [-0.1, -0.05) is 19.9 Å². The molecule has 140 valence electrons. The van der Waals surface area contributed by atoms with Crippen molar-refractivity contribution in [1.29, 1.82) is 0 Å². The van der Waals surface area contributed by atoms with Crippen molar-refractivity contribution in [2.45, 2.75) is 33.3 Å². The predicted octanol–water partition coefficient (Wildman–Crippen LogP) is 2.84. The highest BCUT2D eigenvalue weighted by molar-refractivity contribution is 14.0. The lowest BCUT2D eigenvalue weighted by Gasteiger charge is -2.22. The number of ether oxygens (including phenoxy) is 1. The lowest BCUT2D eigenvalue weighted by Crippen LogP contribution is -2.40. The Hall–Kier alpha value is -0.380. The van der Waals surface area contributed by atoms with Crippen molar-refractivity contribution >= 4 is 41.3 Å². The molecule has 0 fully saturated rings. The van der Waals surface area contributed by atoms with Crippen LogP contribution < -0.4 is 5.32 Å². The first-order valence-electron chi connectivity index (χ1n) is 8.30. The average Bonchev–Trinajstić information content (AvgIpc) is 3.02. The Balaban J connectivity index is 0.00000529. The number of aliphatic hydroxyl groups excluding tert-OH is 1. The maximum absolute atomic E-state index is 9.96. The van der Waals surface area contributed by atoms with E-state index in [1.807, 2.05) is 14.0 Å². The largest absolute Gasteiger partial charge is 0.389 e. The molecule has 0 aliphatic carbocycles. The molecule has 0 saturated heterocycles. The maximum atomic E-state index is 9.96. The number of rotatable bonds is 10. The number of hydrogen-bond acceptors (Lipinski definition) is 4. The van der Waals surface area contributed by atoms with Crippen LogP contribution in [0.2, 0.25) is 0 Å².